The van der Waals surface area contributed by atoms with Gasteiger partial charge in [0.15, 0.2) is 0 Å². The number of piperazine rings is 1. The largest absolute Gasteiger partial charge is 0.381 e. The third-order valence-electron chi connectivity index (χ3n) is 4.36. The molecule has 1 atom stereocenters. The Kier molecular flexibility index (Phi) is 5.43. The lowest BCUT2D eigenvalue weighted by Crippen LogP contribution is -2.50. The number of carbonyl (C=O) groups excluding carboxylic acids is 1. The fraction of sp³-hybridized carbons (Fsp3) is 0.588. The van der Waals surface area contributed by atoms with Crippen molar-refractivity contribution < 1.29 is 14.3 Å². The first-order chi connectivity index (χ1) is 10.8. The first-order valence-corrected chi connectivity index (χ1v) is 8.08. The molecule has 22 heavy (non-hydrogen) atoms. The highest BCUT2D eigenvalue weighted by Gasteiger charge is 2.27. The Bertz CT molecular complexity index is 474. The van der Waals surface area contributed by atoms with Crippen LogP contribution in [0.1, 0.15) is 24.4 Å². The van der Waals surface area contributed by atoms with Crippen molar-refractivity contribution in [1.82, 2.24) is 10.2 Å². The van der Waals surface area contributed by atoms with Gasteiger partial charge in [-0.25, -0.2) is 0 Å². The highest BCUT2D eigenvalue weighted by atomic mass is 16.5. The van der Waals surface area contributed by atoms with Gasteiger partial charge < -0.3 is 14.8 Å². The zero-order valence-corrected chi connectivity index (χ0v) is 12.9. The van der Waals surface area contributed by atoms with Crippen LogP contribution in [-0.4, -0.2) is 56.4 Å². The lowest BCUT2D eigenvalue weighted by Gasteiger charge is -2.36. The van der Waals surface area contributed by atoms with E-state index >= 15 is 0 Å². The standard InChI is InChI=1S/C17H24N2O3/c20-17-13-19(8-11-22-15-6-9-21-10-7-15)16(12-18-17)14-4-2-1-3-5-14/h1-5,15-16H,6-13H2,(H,18,20). The predicted molar refractivity (Wildman–Crippen MR) is 83.6 cm³/mol. The lowest BCUT2D eigenvalue weighted by molar-refractivity contribution is -0.126. The topological polar surface area (TPSA) is 50.8 Å². The second kappa shape index (κ2) is 7.72. The molecule has 1 amide bonds. The number of ether oxygens (including phenoxy) is 2. The summed E-state index contributed by atoms with van der Waals surface area (Å²) >= 11 is 0. The Balaban J connectivity index is 1.55. The molecule has 1 aromatic rings. The van der Waals surface area contributed by atoms with Gasteiger partial charge in [-0.1, -0.05) is 30.3 Å². The summed E-state index contributed by atoms with van der Waals surface area (Å²) in [4.78, 5) is 13.9. The van der Waals surface area contributed by atoms with Crippen LogP contribution in [0.2, 0.25) is 0 Å². The van der Waals surface area contributed by atoms with Crippen molar-refractivity contribution in [2.75, 3.05) is 39.5 Å². The maximum absolute atomic E-state index is 11.7. The number of amides is 1. The van der Waals surface area contributed by atoms with E-state index in [0.717, 1.165) is 32.6 Å². The van der Waals surface area contributed by atoms with Crippen LogP contribution in [0.5, 0.6) is 0 Å². The summed E-state index contributed by atoms with van der Waals surface area (Å²) in [5, 5.41) is 2.96. The molecule has 2 saturated heterocycles. The minimum absolute atomic E-state index is 0.0956. The summed E-state index contributed by atoms with van der Waals surface area (Å²) in [6, 6.07) is 10.6. The second-order valence-electron chi connectivity index (χ2n) is 5.88. The Hall–Kier alpha value is -1.43. The van der Waals surface area contributed by atoms with Gasteiger partial charge in [-0.15, -0.1) is 0 Å². The van der Waals surface area contributed by atoms with Gasteiger partial charge in [0, 0.05) is 26.3 Å². The van der Waals surface area contributed by atoms with Crippen molar-refractivity contribution in [2.45, 2.75) is 25.0 Å². The van der Waals surface area contributed by atoms with Crippen LogP contribution in [0.3, 0.4) is 0 Å². The van der Waals surface area contributed by atoms with Gasteiger partial charge in [0.05, 0.1) is 25.3 Å². The van der Waals surface area contributed by atoms with Crippen molar-refractivity contribution in [3.8, 4) is 0 Å². The van der Waals surface area contributed by atoms with Crippen LogP contribution in [0.15, 0.2) is 30.3 Å². The molecule has 0 radical (unpaired) electrons. The summed E-state index contributed by atoms with van der Waals surface area (Å²) < 4.78 is 11.3. The quantitative estimate of drug-likeness (QED) is 0.892. The van der Waals surface area contributed by atoms with Crippen molar-refractivity contribution in [3.63, 3.8) is 0 Å². The van der Waals surface area contributed by atoms with Gasteiger partial charge in [0.2, 0.25) is 5.91 Å². The number of carbonyl (C=O) groups is 1. The van der Waals surface area contributed by atoms with Gasteiger partial charge in [-0.3, -0.25) is 9.69 Å². The smallest absolute Gasteiger partial charge is 0.234 e. The van der Waals surface area contributed by atoms with Crippen LogP contribution < -0.4 is 5.32 Å². The molecule has 1 unspecified atom stereocenters. The molecule has 2 aliphatic rings. The molecule has 5 heteroatoms. The SMILES string of the molecule is O=C1CN(CCOC2CCOCC2)C(c2ccccc2)CN1. The zero-order valence-electron chi connectivity index (χ0n) is 12.9. The fourth-order valence-corrected chi connectivity index (χ4v) is 3.11. The molecule has 2 heterocycles. The van der Waals surface area contributed by atoms with E-state index in [1.165, 1.54) is 5.56 Å². The number of nitrogens with zero attached hydrogens (tertiary/aromatic N) is 1. The van der Waals surface area contributed by atoms with E-state index in [-0.39, 0.29) is 11.9 Å². The molecule has 120 valence electrons. The van der Waals surface area contributed by atoms with Crippen molar-refractivity contribution in [2.24, 2.45) is 0 Å². The fourth-order valence-electron chi connectivity index (χ4n) is 3.11. The summed E-state index contributed by atoms with van der Waals surface area (Å²) in [5.41, 5.74) is 1.24. The molecule has 0 bridgehead atoms. The Morgan fingerprint density at radius 1 is 1.23 bits per heavy atom. The lowest BCUT2D eigenvalue weighted by atomic mass is 10.0. The highest BCUT2D eigenvalue weighted by Crippen LogP contribution is 2.22. The normalized spacial score (nSPS) is 24.2. The summed E-state index contributed by atoms with van der Waals surface area (Å²) in [5.74, 6) is 0.0956. The molecule has 0 saturated carbocycles. The van der Waals surface area contributed by atoms with Crippen molar-refractivity contribution in [1.29, 1.82) is 0 Å². The van der Waals surface area contributed by atoms with E-state index in [1.54, 1.807) is 0 Å². The Morgan fingerprint density at radius 3 is 2.77 bits per heavy atom. The molecule has 0 spiro atoms. The second-order valence-corrected chi connectivity index (χ2v) is 5.88. The summed E-state index contributed by atoms with van der Waals surface area (Å²) in [7, 11) is 0. The number of hydrogen-bond donors (Lipinski definition) is 1. The summed E-state index contributed by atoms with van der Waals surface area (Å²) in [6.45, 7) is 4.15. The molecule has 5 nitrogen and oxygen atoms in total. The first-order valence-electron chi connectivity index (χ1n) is 8.08. The number of benzene rings is 1. The van der Waals surface area contributed by atoms with E-state index in [9.17, 15) is 4.79 Å². The van der Waals surface area contributed by atoms with E-state index in [0.29, 0.717) is 25.8 Å². The zero-order chi connectivity index (χ0) is 15.2. The number of nitrogens with one attached hydrogen (secondary N) is 1. The van der Waals surface area contributed by atoms with E-state index in [4.69, 9.17) is 9.47 Å². The van der Waals surface area contributed by atoms with E-state index in [1.807, 2.05) is 18.2 Å². The van der Waals surface area contributed by atoms with Crippen LogP contribution in [0, 0.1) is 0 Å². The molecule has 0 aromatic heterocycles. The Morgan fingerprint density at radius 2 is 2.00 bits per heavy atom. The van der Waals surface area contributed by atoms with Crippen LogP contribution in [0.4, 0.5) is 0 Å². The van der Waals surface area contributed by atoms with Gasteiger partial charge in [-0.2, -0.15) is 0 Å². The van der Waals surface area contributed by atoms with Crippen LogP contribution in [-0.2, 0) is 14.3 Å². The molecule has 2 aliphatic heterocycles. The molecule has 2 fully saturated rings. The van der Waals surface area contributed by atoms with Crippen LogP contribution >= 0.6 is 0 Å². The van der Waals surface area contributed by atoms with Gasteiger partial charge >= 0.3 is 0 Å². The van der Waals surface area contributed by atoms with Gasteiger partial charge in [0.1, 0.15) is 0 Å². The van der Waals surface area contributed by atoms with Gasteiger partial charge in [-0.05, 0) is 18.4 Å². The average Bonchev–Trinajstić information content (AvgIpc) is 2.57. The molecular weight excluding hydrogens is 280 g/mol. The maximum atomic E-state index is 11.7. The number of rotatable bonds is 5. The molecule has 1 aromatic carbocycles. The van der Waals surface area contributed by atoms with Crippen LogP contribution in [0.25, 0.3) is 0 Å². The molecule has 0 aliphatic carbocycles. The average molecular weight is 304 g/mol. The Labute approximate surface area is 131 Å². The molecule has 3 rings (SSSR count). The monoisotopic (exact) mass is 304 g/mol. The van der Waals surface area contributed by atoms with Crippen molar-refractivity contribution >= 4 is 5.91 Å². The summed E-state index contributed by atoms with van der Waals surface area (Å²) in [6.07, 6.45) is 2.26. The third kappa shape index (κ3) is 4.06. The maximum Gasteiger partial charge on any atom is 0.234 e. The first kappa shape index (κ1) is 15.5. The molecule has 1 N–H and O–H groups in total. The predicted octanol–water partition coefficient (Wildman–Crippen LogP) is 1.36. The van der Waals surface area contributed by atoms with E-state index in [2.05, 4.69) is 22.3 Å². The van der Waals surface area contributed by atoms with Gasteiger partial charge in [0.25, 0.3) is 0 Å². The minimum Gasteiger partial charge on any atom is -0.381 e. The van der Waals surface area contributed by atoms with Crippen molar-refractivity contribution in [3.05, 3.63) is 35.9 Å². The van der Waals surface area contributed by atoms with E-state index < -0.39 is 0 Å². The molecular formula is C17H24N2O3. The third-order valence-corrected chi connectivity index (χ3v) is 4.36. The minimum atomic E-state index is 0.0956. The highest BCUT2D eigenvalue weighted by molar-refractivity contribution is 5.79. The number of hydrogen-bond acceptors (Lipinski definition) is 4.